The molecule has 6 heteroatoms. The first kappa shape index (κ1) is 16.1. The van der Waals surface area contributed by atoms with Crippen LogP contribution < -0.4 is 4.74 Å². The second-order valence-electron chi connectivity index (χ2n) is 5.28. The van der Waals surface area contributed by atoms with E-state index in [1.54, 1.807) is 10.9 Å². The second-order valence-corrected chi connectivity index (χ2v) is 5.66. The second kappa shape index (κ2) is 7.23. The van der Waals surface area contributed by atoms with Gasteiger partial charge in [0.05, 0.1) is 12.8 Å². The van der Waals surface area contributed by atoms with E-state index in [4.69, 9.17) is 17.0 Å². The summed E-state index contributed by atoms with van der Waals surface area (Å²) in [6.07, 6.45) is 1.75. The number of hydrogen-bond acceptors (Lipinski definition) is 4. The molecule has 0 saturated heterocycles. The molecule has 0 atom stereocenters. The molecule has 0 aliphatic heterocycles. The van der Waals surface area contributed by atoms with Gasteiger partial charge in [0.2, 0.25) is 4.77 Å². The van der Waals surface area contributed by atoms with Crippen LogP contribution in [-0.2, 0) is 0 Å². The number of aromatic nitrogens is 3. The van der Waals surface area contributed by atoms with Gasteiger partial charge in [-0.2, -0.15) is 14.9 Å². The predicted molar refractivity (Wildman–Crippen MR) is 98.2 cm³/mol. The van der Waals surface area contributed by atoms with Crippen molar-refractivity contribution < 1.29 is 4.74 Å². The van der Waals surface area contributed by atoms with Crippen molar-refractivity contribution in [1.29, 1.82) is 0 Å². The van der Waals surface area contributed by atoms with Crippen molar-refractivity contribution in [2.75, 3.05) is 6.61 Å². The van der Waals surface area contributed by atoms with Gasteiger partial charge in [-0.05, 0) is 55.9 Å². The Labute approximate surface area is 145 Å². The van der Waals surface area contributed by atoms with Crippen LogP contribution in [0.5, 0.6) is 5.75 Å². The highest BCUT2D eigenvalue weighted by Gasteiger charge is 2.07. The van der Waals surface area contributed by atoms with Crippen molar-refractivity contribution in [2.24, 2.45) is 5.10 Å². The highest BCUT2D eigenvalue weighted by atomic mass is 32.1. The zero-order chi connectivity index (χ0) is 16.9. The van der Waals surface area contributed by atoms with Gasteiger partial charge in [-0.3, -0.25) is 0 Å². The van der Waals surface area contributed by atoms with Gasteiger partial charge < -0.3 is 4.74 Å². The van der Waals surface area contributed by atoms with Gasteiger partial charge in [0.1, 0.15) is 5.75 Å². The van der Waals surface area contributed by atoms with Crippen LogP contribution in [-0.4, -0.2) is 27.7 Å². The summed E-state index contributed by atoms with van der Waals surface area (Å²) in [6.45, 7) is 4.66. The van der Waals surface area contributed by atoms with Crippen LogP contribution in [0.4, 0.5) is 0 Å². The molecule has 0 radical (unpaired) electrons. The Balaban J connectivity index is 1.88. The van der Waals surface area contributed by atoms with Crippen molar-refractivity contribution in [2.45, 2.75) is 13.8 Å². The number of rotatable bonds is 5. The van der Waals surface area contributed by atoms with E-state index in [9.17, 15) is 0 Å². The summed E-state index contributed by atoms with van der Waals surface area (Å²) < 4.78 is 7.51. The van der Waals surface area contributed by atoms with Crippen molar-refractivity contribution >= 4 is 18.4 Å². The zero-order valence-electron chi connectivity index (χ0n) is 13.6. The molecular formula is C18H18N4OS. The summed E-state index contributed by atoms with van der Waals surface area (Å²) in [6, 6.07) is 15.8. The Kier molecular flexibility index (Phi) is 4.86. The quantitative estimate of drug-likeness (QED) is 0.560. The number of aromatic amines is 1. The van der Waals surface area contributed by atoms with Gasteiger partial charge in [-0.1, -0.05) is 29.8 Å². The fourth-order valence-corrected chi connectivity index (χ4v) is 2.41. The standard InChI is InChI=1S/C18H18N4OS/c1-3-23-16-10-6-14(7-11-16)12-19-22-17(20-21-18(22)24)15-8-4-13(2)5-9-15/h4-12H,3H2,1-2H3,(H,21,24)/b19-12+. The Hall–Kier alpha value is -2.73. The minimum atomic E-state index is 0.452. The van der Waals surface area contributed by atoms with Crippen molar-refractivity contribution in [1.82, 2.24) is 14.9 Å². The molecule has 1 aromatic heterocycles. The van der Waals surface area contributed by atoms with E-state index in [1.807, 2.05) is 62.4 Å². The molecule has 3 rings (SSSR count). The van der Waals surface area contributed by atoms with E-state index in [0.29, 0.717) is 17.2 Å². The Morgan fingerprint density at radius 1 is 1.17 bits per heavy atom. The van der Waals surface area contributed by atoms with E-state index in [0.717, 1.165) is 16.9 Å². The van der Waals surface area contributed by atoms with Crippen LogP contribution in [0.1, 0.15) is 18.1 Å². The number of nitrogens with zero attached hydrogens (tertiary/aromatic N) is 3. The fourth-order valence-electron chi connectivity index (χ4n) is 2.23. The molecule has 0 unspecified atom stereocenters. The van der Waals surface area contributed by atoms with Crippen molar-refractivity contribution in [3.63, 3.8) is 0 Å². The number of H-pyrrole nitrogens is 1. The van der Waals surface area contributed by atoms with Gasteiger partial charge in [0, 0.05) is 5.56 Å². The monoisotopic (exact) mass is 338 g/mol. The van der Waals surface area contributed by atoms with Crippen LogP contribution >= 0.6 is 12.2 Å². The maximum absolute atomic E-state index is 5.44. The highest BCUT2D eigenvalue weighted by Crippen LogP contribution is 2.18. The average Bonchev–Trinajstić information content (AvgIpc) is 2.96. The largest absolute Gasteiger partial charge is 0.494 e. The van der Waals surface area contributed by atoms with E-state index < -0.39 is 0 Å². The molecular weight excluding hydrogens is 320 g/mol. The lowest BCUT2D eigenvalue weighted by molar-refractivity contribution is 0.340. The molecule has 0 amide bonds. The lowest BCUT2D eigenvalue weighted by Crippen LogP contribution is -1.95. The Morgan fingerprint density at radius 2 is 1.88 bits per heavy atom. The summed E-state index contributed by atoms with van der Waals surface area (Å²) in [5, 5.41) is 11.5. The lowest BCUT2D eigenvalue weighted by atomic mass is 10.1. The number of aryl methyl sites for hydroxylation is 1. The summed E-state index contributed by atoms with van der Waals surface area (Å²) in [5.74, 6) is 1.53. The van der Waals surface area contributed by atoms with Gasteiger partial charge in [0.15, 0.2) is 5.82 Å². The molecule has 0 aliphatic rings. The van der Waals surface area contributed by atoms with Gasteiger partial charge in [0.25, 0.3) is 0 Å². The average molecular weight is 338 g/mol. The lowest BCUT2D eigenvalue weighted by Gasteiger charge is -2.03. The van der Waals surface area contributed by atoms with Crippen LogP contribution in [0.15, 0.2) is 53.6 Å². The third-order valence-corrected chi connectivity index (χ3v) is 3.74. The van der Waals surface area contributed by atoms with Gasteiger partial charge in [-0.15, -0.1) is 0 Å². The molecule has 2 aromatic carbocycles. The van der Waals surface area contributed by atoms with E-state index >= 15 is 0 Å². The molecule has 1 N–H and O–H groups in total. The molecule has 5 nitrogen and oxygen atoms in total. The summed E-state index contributed by atoms with van der Waals surface area (Å²) in [5.41, 5.74) is 3.10. The molecule has 0 fully saturated rings. The maximum Gasteiger partial charge on any atom is 0.216 e. The molecule has 1 heterocycles. The molecule has 24 heavy (non-hydrogen) atoms. The first-order chi connectivity index (χ1) is 11.7. The zero-order valence-corrected chi connectivity index (χ0v) is 14.4. The van der Waals surface area contributed by atoms with Crippen molar-refractivity contribution in [3.05, 3.63) is 64.4 Å². The molecule has 122 valence electrons. The third kappa shape index (κ3) is 3.60. The number of hydrogen-bond donors (Lipinski definition) is 1. The predicted octanol–water partition coefficient (Wildman–Crippen LogP) is 4.20. The topological polar surface area (TPSA) is 55.2 Å². The number of benzene rings is 2. The molecule has 0 saturated carbocycles. The SMILES string of the molecule is CCOc1ccc(/C=N/n2c(-c3ccc(C)cc3)n[nH]c2=S)cc1. The van der Waals surface area contributed by atoms with Crippen LogP contribution in [0.3, 0.4) is 0 Å². The number of ether oxygens (including phenoxy) is 1. The fraction of sp³-hybridized carbons (Fsp3) is 0.167. The summed E-state index contributed by atoms with van der Waals surface area (Å²) in [7, 11) is 0. The van der Waals surface area contributed by atoms with Crippen LogP contribution in [0.2, 0.25) is 0 Å². The smallest absolute Gasteiger partial charge is 0.216 e. The summed E-state index contributed by atoms with van der Waals surface area (Å²) in [4.78, 5) is 0. The number of nitrogens with one attached hydrogen (secondary N) is 1. The normalized spacial score (nSPS) is 11.1. The maximum atomic E-state index is 5.44. The van der Waals surface area contributed by atoms with Gasteiger partial charge in [-0.25, -0.2) is 5.10 Å². The minimum Gasteiger partial charge on any atom is -0.494 e. The Morgan fingerprint density at radius 3 is 2.54 bits per heavy atom. The summed E-state index contributed by atoms with van der Waals surface area (Å²) >= 11 is 5.28. The van der Waals surface area contributed by atoms with E-state index in [2.05, 4.69) is 15.3 Å². The van der Waals surface area contributed by atoms with Gasteiger partial charge >= 0.3 is 0 Å². The Bertz CT molecular complexity index is 892. The highest BCUT2D eigenvalue weighted by molar-refractivity contribution is 7.71. The minimum absolute atomic E-state index is 0.452. The molecule has 0 spiro atoms. The van der Waals surface area contributed by atoms with E-state index in [1.165, 1.54) is 5.56 Å². The van der Waals surface area contributed by atoms with Crippen molar-refractivity contribution in [3.8, 4) is 17.1 Å². The molecule has 3 aromatic rings. The van der Waals surface area contributed by atoms with Crippen LogP contribution in [0.25, 0.3) is 11.4 Å². The molecule has 0 bridgehead atoms. The van der Waals surface area contributed by atoms with E-state index in [-0.39, 0.29) is 0 Å². The first-order valence-electron chi connectivity index (χ1n) is 7.69. The third-order valence-electron chi connectivity index (χ3n) is 3.47. The van der Waals surface area contributed by atoms with Crippen LogP contribution in [0, 0.1) is 11.7 Å². The first-order valence-corrected chi connectivity index (χ1v) is 8.10. The molecule has 0 aliphatic carbocycles.